The highest BCUT2D eigenvalue weighted by atomic mass is 16.3. The zero-order valence-corrected chi connectivity index (χ0v) is 15.3. The number of amides is 1. The van der Waals surface area contributed by atoms with Crippen molar-refractivity contribution in [3.8, 4) is 0 Å². The summed E-state index contributed by atoms with van der Waals surface area (Å²) >= 11 is 0. The molecule has 28 heavy (non-hydrogen) atoms. The number of aromatic nitrogens is 4. The van der Waals surface area contributed by atoms with E-state index >= 15 is 0 Å². The van der Waals surface area contributed by atoms with Crippen molar-refractivity contribution in [1.82, 2.24) is 24.8 Å². The lowest BCUT2D eigenvalue weighted by Crippen LogP contribution is -2.49. The smallest absolute Gasteiger partial charge is 0.251 e. The van der Waals surface area contributed by atoms with Crippen molar-refractivity contribution in [2.75, 3.05) is 5.73 Å². The Bertz CT molecular complexity index is 986. The number of anilines is 1. The molecular weight excluding hydrogens is 358 g/mol. The van der Waals surface area contributed by atoms with Crippen LogP contribution in [0.2, 0.25) is 0 Å². The molecule has 0 radical (unpaired) electrons. The number of nitrogens with zero attached hydrogens (tertiary/aromatic N) is 4. The van der Waals surface area contributed by atoms with Crippen LogP contribution in [-0.2, 0) is 6.54 Å². The molecule has 9 nitrogen and oxygen atoms in total. The number of carbonyl (C=O) groups is 1. The van der Waals surface area contributed by atoms with E-state index in [-0.39, 0.29) is 18.0 Å². The number of hydrogen-bond acceptors (Lipinski definition) is 7. The molecule has 4 rings (SSSR count). The van der Waals surface area contributed by atoms with Gasteiger partial charge in [-0.2, -0.15) is 0 Å². The largest absolute Gasteiger partial charge is 0.389 e. The molecule has 0 bridgehead atoms. The SMILES string of the molecule is NCc1ccc(C(=O)N[C@H]2CCC[C@H](n3cnc4c(N)ncnc43)[C@H]2O)cc1. The first kappa shape index (κ1) is 18.3. The summed E-state index contributed by atoms with van der Waals surface area (Å²) in [6, 6.07) is 6.53. The Morgan fingerprint density at radius 1 is 1.21 bits per heavy atom. The van der Waals surface area contributed by atoms with Crippen LogP contribution in [0.1, 0.15) is 41.2 Å². The number of aliphatic hydroxyl groups excluding tert-OH is 1. The van der Waals surface area contributed by atoms with Crippen LogP contribution in [0.15, 0.2) is 36.9 Å². The van der Waals surface area contributed by atoms with Gasteiger partial charge in [-0.3, -0.25) is 4.79 Å². The number of imidazole rings is 1. The molecule has 2 aromatic heterocycles. The van der Waals surface area contributed by atoms with Crippen LogP contribution in [0.5, 0.6) is 0 Å². The zero-order chi connectivity index (χ0) is 19.7. The highest BCUT2D eigenvalue weighted by molar-refractivity contribution is 5.94. The maximum absolute atomic E-state index is 12.6. The van der Waals surface area contributed by atoms with Crippen molar-refractivity contribution in [3.63, 3.8) is 0 Å². The third-order valence-corrected chi connectivity index (χ3v) is 5.33. The summed E-state index contributed by atoms with van der Waals surface area (Å²) in [4.78, 5) is 25.1. The molecule has 1 amide bonds. The van der Waals surface area contributed by atoms with Crippen molar-refractivity contribution in [2.45, 2.75) is 44.0 Å². The minimum atomic E-state index is -0.769. The van der Waals surface area contributed by atoms with Crippen molar-refractivity contribution in [2.24, 2.45) is 5.73 Å². The van der Waals surface area contributed by atoms with Crippen LogP contribution in [0.25, 0.3) is 11.2 Å². The van der Waals surface area contributed by atoms with Crippen LogP contribution < -0.4 is 16.8 Å². The van der Waals surface area contributed by atoms with Gasteiger partial charge in [0.25, 0.3) is 5.91 Å². The summed E-state index contributed by atoms with van der Waals surface area (Å²) in [5, 5.41) is 13.9. The Morgan fingerprint density at radius 2 is 2.00 bits per heavy atom. The average Bonchev–Trinajstić information content (AvgIpc) is 3.15. The van der Waals surface area contributed by atoms with Crippen LogP contribution in [0.4, 0.5) is 5.82 Å². The van der Waals surface area contributed by atoms with E-state index in [2.05, 4.69) is 20.3 Å². The van der Waals surface area contributed by atoms with E-state index < -0.39 is 6.10 Å². The summed E-state index contributed by atoms with van der Waals surface area (Å²) in [5.41, 5.74) is 14.1. The summed E-state index contributed by atoms with van der Waals surface area (Å²) in [7, 11) is 0. The van der Waals surface area contributed by atoms with E-state index in [1.54, 1.807) is 18.5 Å². The van der Waals surface area contributed by atoms with Gasteiger partial charge in [-0.15, -0.1) is 0 Å². The van der Waals surface area contributed by atoms with E-state index in [1.165, 1.54) is 6.33 Å². The fourth-order valence-electron chi connectivity index (χ4n) is 3.77. The summed E-state index contributed by atoms with van der Waals surface area (Å²) < 4.78 is 1.83. The topological polar surface area (TPSA) is 145 Å². The van der Waals surface area contributed by atoms with Gasteiger partial charge in [0.2, 0.25) is 0 Å². The second-order valence-corrected chi connectivity index (χ2v) is 7.05. The van der Waals surface area contributed by atoms with Gasteiger partial charge < -0.3 is 26.5 Å². The molecule has 1 aliphatic carbocycles. The Morgan fingerprint density at radius 3 is 2.75 bits per heavy atom. The predicted molar refractivity (Wildman–Crippen MR) is 104 cm³/mol. The third kappa shape index (κ3) is 3.30. The number of benzene rings is 1. The molecule has 1 fully saturated rings. The normalized spacial score (nSPS) is 22.3. The Hall–Kier alpha value is -3.04. The van der Waals surface area contributed by atoms with Gasteiger partial charge in [-0.05, 0) is 37.0 Å². The summed E-state index contributed by atoms with van der Waals surface area (Å²) in [5.74, 6) is 0.0927. The van der Waals surface area contributed by atoms with Gasteiger partial charge in [0.15, 0.2) is 11.5 Å². The molecule has 146 valence electrons. The van der Waals surface area contributed by atoms with Crippen LogP contribution >= 0.6 is 0 Å². The van der Waals surface area contributed by atoms with E-state index in [0.29, 0.717) is 35.5 Å². The summed E-state index contributed by atoms with van der Waals surface area (Å²) in [6.45, 7) is 0.428. The molecule has 1 aromatic carbocycles. The van der Waals surface area contributed by atoms with Crippen molar-refractivity contribution >= 4 is 22.9 Å². The van der Waals surface area contributed by atoms with Crippen molar-refractivity contribution in [1.29, 1.82) is 0 Å². The fraction of sp³-hybridized carbons (Fsp3) is 0.368. The van der Waals surface area contributed by atoms with E-state index in [9.17, 15) is 9.90 Å². The first-order valence-corrected chi connectivity index (χ1v) is 9.29. The highest BCUT2D eigenvalue weighted by Crippen LogP contribution is 2.31. The molecule has 0 unspecified atom stereocenters. The number of rotatable bonds is 4. The van der Waals surface area contributed by atoms with Crippen molar-refractivity contribution < 1.29 is 9.90 Å². The number of carbonyl (C=O) groups excluding carboxylic acids is 1. The van der Waals surface area contributed by atoms with Crippen LogP contribution in [0.3, 0.4) is 0 Å². The molecule has 2 heterocycles. The maximum Gasteiger partial charge on any atom is 0.251 e. The number of nitrogens with two attached hydrogens (primary N) is 2. The maximum atomic E-state index is 12.6. The number of aliphatic hydroxyl groups is 1. The van der Waals surface area contributed by atoms with Gasteiger partial charge in [0, 0.05) is 12.1 Å². The minimum absolute atomic E-state index is 0.213. The molecule has 9 heteroatoms. The van der Waals surface area contributed by atoms with Gasteiger partial charge in [-0.25, -0.2) is 15.0 Å². The molecule has 3 atom stereocenters. The second-order valence-electron chi connectivity index (χ2n) is 7.05. The highest BCUT2D eigenvalue weighted by Gasteiger charge is 2.35. The minimum Gasteiger partial charge on any atom is -0.389 e. The third-order valence-electron chi connectivity index (χ3n) is 5.33. The second kappa shape index (κ2) is 7.53. The Kier molecular flexibility index (Phi) is 4.93. The Balaban J connectivity index is 1.53. The number of fused-ring (bicyclic) bond motifs is 1. The number of hydrogen-bond donors (Lipinski definition) is 4. The molecule has 0 aliphatic heterocycles. The van der Waals surface area contributed by atoms with Gasteiger partial charge >= 0.3 is 0 Å². The van der Waals surface area contributed by atoms with Crippen LogP contribution in [-0.4, -0.2) is 42.7 Å². The average molecular weight is 381 g/mol. The lowest BCUT2D eigenvalue weighted by Gasteiger charge is -2.36. The molecule has 3 aromatic rings. The molecule has 0 spiro atoms. The number of nitrogens with one attached hydrogen (secondary N) is 1. The van der Waals surface area contributed by atoms with E-state index in [4.69, 9.17) is 11.5 Å². The Labute approximate surface area is 161 Å². The molecular formula is C19H23N7O2. The van der Waals surface area contributed by atoms with Crippen molar-refractivity contribution in [3.05, 3.63) is 48.0 Å². The quantitative estimate of drug-likeness (QED) is 0.522. The monoisotopic (exact) mass is 381 g/mol. The van der Waals surface area contributed by atoms with Gasteiger partial charge in [0.05, 0.1) is 24.5 Å². The number of nitrogen functional groups attached to an aromatic ring is 1. The first-order valence-electron chi connectivity index (χ1n) is 9.29. The summed E-state index contributed by atoms with van der Waals surface area (Å²) in [6.07, 6.45) is 4.56. The molecule has 1 saturated carbocycles. The van der Waals surface area contributed by atoms with Gasteiger partial charge in [0.1, 0.15) is 11.8 Å². The fourth-order valence-corrected chi connectivity index (χ4v) is 3.77. The lowest BCUT2D eigenvalue weighted by molar-refractivity contribution is 0.0410. The lowest BCUT2D eigenvalue weighted by atomic mass is 9.87. The molecule has 1 aliphatic rings. The molecule has 6 N–H and O–H groups in total. The zero-order valence-electron chi connectivity index (χ0n) is 15.3. The molecule has 0 saturated heterocycles. The van der Waals surface area contributed by atoms with Crippen LogP contribution in [0, 0.1) is 0 Å². The van der Waals surface area contributed by atoms with Gasteiger partial charge in [-0.1, -0.05) is 12.1 Å². The standard InChI is InChI=1S/C19H23N7O2/c20-8-11-4-6-12(7-5-11)19(28)25-13-2-1-3-14(16(13)27)26-10-24-15-17(21)22-9-23-18(15)26/h4-7,9-10,13-14,16,27H,1-3,8,20H2,(H,25,28)(H2,21,22,23)/t13-,14-,16-/m0/s1. The first-order chi connectivity index (χ1) is 13.6. The van der Waals surface area contributed by atoms with E-state index in [1.807, 2.05) is 16.7 Å². The predicted octanol–water partition coefficient (Wildman–Crippen LogP) is 0.752. The van der Waals surface area contributed by atoms with E-state index in [0.717, 1.165) is 18.4 Å².